The largest absolute Gasteiger partial charge is 0.310 e. The molecule has 13 aromatic carbocycles. The smallest absolute Gasteiger partial charge is 0.0726 e. The Bertz CT molecular complexity index is 4830. The first-order valence-electron chi connectivity index (χ1n) is 29.6. The van der Waals surface area contributed by atoms with Crippen molar-refractivity contribution in [2.45, 2.75) is 30.1 Å². The molecule has 2 spiro atoms. The molecule has 0 radical (unpaired) electrons. The topological polar surface area (TPSA) is 3.24 Å². The van der Waals surface area contributed by atoms with Crippen molar-refractivity contribution >= 4 is 17.1 Å². The van der Waals surface area contributed by atoms with E-state index in [9.17, 15) is 0 Å². The quantitative estimate of drug-likeness (QED) is 0.160. The third kappa shape index (κ3) is 6.18. The Morgan fingerprint density at radius 3 is 1.08 bits per heavy atom. The molecule has 0 atom stereocenters. The molecule has 5 aliphatic carbocycles. The average molecular weight is 1070 g/mol. The maximum atomic E-state index is 2.57. The summed E-state index contributed by atoms with van der Waals surface area (Å²) in [6.07, 6.45) is 0. The number of hydrogen-bond acceptors (Lipinski definition) is 1. The van der Waals surface area contributed by atoms with Crippen molar-refractivity contribution in [1.82, 2.24) is 0 Å². The van der Waals surface area contributed by atoms with Crippen LogP contribution >= 0.6 is 0 Å². The summed E-state index contributed by atoms with van der Waals surface area (Å²) in [7, 11) is 0. The minimum Gasteiger partial charge on any atom is -0.310 e. The minimum absolute atomic E-state index is 0.163. The van der Waals surface area contributed by atoms with E-state index in [0.717, 1.165) is 17.1 Å². The van der Waals surface area contributed by atoms with Gasteiger partial charge in [0.2, 0.25) is 0 Å². The fraction of sp³-hybridized carbons (Fsp3) is 0.0602. The van der Waals surface area contributed by atoms with Crippen LogP contribution in [0.5, 0.6) is 0 Å². The molecule has 0 amide bonds. The highest BCUT2D eigenvalue weighted by Gasteiger charge is 2.54. The molecule has 0 saturated heterocycles. The van der Waals surface area contributed by atoms with Crippen LogP contribution < -0.4 is 4.90 Å². The predicted molar refractivity (Wildman–Crippen MR) is 348 cm³/mol. The summed E-state index contributed by atoms with van der Waals surface area (Å²) in [4.78, 5) is 2.50. The van der Waals surface area contributed by atoms with E-state index in [1.807, 2.05) is 0 Å². The normalized spacial score (nSPS) is 14.6. The Hall–Kier alpha value is -10.3. The number of nitrogens with zero attached hydrogens (tertiary/aromatic N) is 1. The zero-order valence-electron chi connectivity index (χ0n) is 46.7. The van der Waals surface area contributed by atoms with Crippen LogP contribution in [0.25, 0.3) is 89.0 Å². The number of anilines is 3. The first-order valence-corrected chi connectivity index (χ1v) is 29.6. The molecule has 0 aromatic heterocycles. The van der Waals surface area contributed by atoms with Crippen molar-refractivity contribution in [1.29, 1.82) is 0 Å². The Morgan fingerprint density at radius 1 is 0.202 bits per heavy atom. The van der Waals surface area contributed by atoms with Crippen molar-refractivity contribution < 1.29 is 0 Å². The van der Waals surface area contributed by atoms with Gasteiger partial charge in [-0.15, -0.1) is 0 Å². The van der Waals surface area contributed by atoms with Gasteiger partial charge in [0.05, 0.1) is 10.8 Å². The number of rotatable bonds is 6. The standard InChI is InChI=1S/C83H55N/c1-81(2)70-30-14-9-24-61(70)66-46-42-58(50-76(66)81)84(57-40-36-53(37-41-57)52-20-5-3-6-21-52)59-43-47-68-67-44-38-55(48-77(67)83(79(68)51-59)73-33-17-12-27-64(73)65-28-13-18-34-74(65)83)56-39-45-69-78(49-56)82(71-31-15-10-25-62(71)63-26-11-16-32-72(63)82)75-35-19-29-60(80(69)75)54-22-7-4-8-23-54/h3-51H,1-2H3. The monoisotopic (exact) mass is 1070 g/mol. The minimum atomic E-state index is -0.601. The van der Waals surface area contributed by atoms with Crippen LogP contribution in [0.4, 0.5) is 17.1 Å². The molecule has 13 aromatic rings. The lowest BCUT2D eigenvalue weighted by molar-refractivity contribution is 0.660. The highest BCUT2D eigenvalue weighted by molar-refractivity contribution is 6.02. The van der Waals surface area contributed by atoms with E-state index < -0.39 is 10.8 Å². The Morgan fingerprint density at radius 2 is 0.536 bits per heavy atom. The molecule has 0 aliphatic heterocycles. The Balaban J connectivity index is 0.850. The molecule has 84 heavy (non-hydrogen) atoms. The molecular formula is C83H55N. The Kier molecular flexibility index (Phi) is 9.77. The van der Waals surface area contributed by atoms with Crippen molar-refractivity contribution in [3.63, 3.8) is 0 Å². The van der Waals surface area contributed by atoms with Crippen LogP contribution in [0.2, 0.25) is 0 Å². The van der Waals surface area contributed by atoms with Crippen LogP contribution in [0, 0.1) is 0 Å². The van der Waals surface area contributed by atoms with E-state index >= 15 is 0 Å². The van der Waals surface area contributed by atoms with Crippen LogP contribution in [-0.2, 0) is 16.2 Å². The van der Waals surface area contributed by atoms with Crippen LogP contribution in [0.1, 0.15) is 69.5 Å². The van der Waals surface area contributed by atoms with Gasteiger partial charge in [-0.1, -0.05) is 263 Å². The first-order chi connectivity index (χ1) is 41.4. The second-order valence-corrected chi connectivity index (χ2v) is 24.2. The van der Waals surface area contributed by atoms with Gasteiger partial charge in [0, 0.05) is 22.5 Å². The van der Waals surface area contributed by atoms with Crippen LogP contribution in [0.3, 0.4) is 0 Å². The highest BCUT2D eigenvalue weighted by atomic mass is 15.1. The number of benzene rings is 13. The van der Waals surface area contributed by atoms with Gasteiger partial charge >= 0.3 is 0 Å². The summed E-state index contributed by atoms with van der Waals surface area (Å²) in [5, 5.41) is 0. The lowest BCUT2D eigenvalue weighted by Gasteiger charge is -2.33. The fourth-order valence-electron chi connectivity index (χ4n) is 16.4. The van der Waals surface area contributed by atoms with E-state index in [1.165, 1.54) is 145 Å². The summed E-state index contributed by atoms with van der Waals surface area (Å²) < 4.78 is 0. The van der Waals surface area contributed by atoms with E-state index in [0.29, 0.717) is 0 Å². The van der Waals surface area contributed by atoms with Crippen molar-refractivity contribution in [3.05, 3.63) is 353 Å². The molecule has 18 rings (SSSR count). The average Bonchev–Trinajstić information content (AvgIpc) is 1.58. The Labute approximate surface area is 491 Å². The molecule has 5 aliphatic rings. The van der Waals surface area contributed by atoms with Gasteiger partial charge in [0.1, 0.15) is 0 Å². The van der Waals surface area contributed by atoms with Crippen LogP contribution in [0.15, 0.2) is 297 Å². The number of hydrogen-bond donors (Lipinski definition) is 0. The summed E-state index contributed by atoms with van der Waals surface area (Å²) in [5.41, 5.74) is 35.8. The molecule has 392 valence electrons. The van der Waals surface area contributed by atoms with Gasteiger partial charge in [0.25, 0.3) is 0 Å². The molecular weight excluding hydrogens is 1010 g/mol. The molecule has 0 heterocycles. The molecule has 0 N–H and O–H groups in total. The third-order valence-corrected chi connectivity index (χ3v) is 19.9. The summed E-state index contributed by atoms with van der Waals surface area (Å²) in [5.74, 6) is 0. The molecule has 0 bridgehead atoms. The van der Waals surface area contributed by atoms with Gasteiger partial charge in [0.15, 0.2) is 0 Å². The van der Waals surface area contributed by atoms with Crippen molar-refractivity contribution in [3.8, 4) is 89.0 Å². The lowest BCUT2D eigenvalue weighted by atomic mass is 9.69. The highest BCUT2D eigenvalue weighted by Crippen LogP contribution is 2.67. The maximum Gasteiger partial charge on any atom is 0.0726 e. The van der Waals surface area contributed by atoms with Crippen molar-refractivity contribution in [2.75, 3.05) is 4.90 Å². The number of fused-ring (bicyclic) bond motifs is 23. The first kappa shape index (κ1) is 47.3. The molecule has 0 fully saturated rings. The third-order valence-electron chi connectivity index (χ3n) is 19.9. The van der Waals surface area contributed by atoms with Gasteiger partial charge in [-0.05, 0) is 193 Å². The van der Waals surface area contributed by atoms with E-state index in [1.54, 1.807) is 0 Å². The zero-order valence-corrected chi connectivity index (χ0v) is 46.7. The maximum absolute atomic E-state index is 2.57. The molecule has 1 heteroatoms. The van der Waals surface area contributed by atoms with Crippen LogP contribution in [-0.4, -0.2) is 0 Å². The second kappa shape index (κ2) is 17.3. The summed E-state index contributed by atoms with van der Waals surface area (Å²) in [6.45, 7) is 4.77. The van der Waals surface area contributed by atoms with E-state index in [-0.39, 0.29) is 5.41 Å². The van der Waals surface area contributed by atoms with Gasteiger partial charge in [-0.3, -0.25) is 0 Å². The zero-order chi connectivity index (χ0) is 55.5. The SMILES string of the molecule is CC1(C)c2ccccc2-c2ccc(N(c3ccc(-c4ccccc4)cc3)c3ccc4c(c3)C3(c5ccccc5-c5ccccc53)c3cc(-c5ccc6c(c5)C5(c7ccccc7-c7ccccc75)c5cccc(-c7ccccc7)c5-6)ccc3-4)cc21. The second-order valence-electron chi connectivity index (χ2n) is 24.2. The van der Waals surface area contributed by atoms with Gasteiger partial charge < -0.3 is 4.90 Å². The van der Waals surface area contributed by atoms with E-state index in [4.69, 9.17) is 0 Å². The summed E-state index contributed by atoms with van der Waals surface area (Å²) in [6, 6.07) is 113. The summed E-state index contributed by atoms with van der Waals surface area (Å²) >= 11 is 0. The van der Waals surface area contributed by atoms with E-state index in [2.05, 4.69) is 316 Å². The predicted octanol–water partition coefficient (Wildman–Crippen LogP) is 21.2. The van der Waals surface area contributed by atoms with Gasteiger partial charge in [-0.2, -0.15) is 0 Å². The molecule has 0 saturated carbocycles. The van der Waals surface area contributed by atoms with Gasteiger partial charge in [-0.25, -0.2) is 0 Å². The van der Waals surface area contributed by atoms with Crippen molar-refractivity contribution in [2.24, 2.45) is 0 Å². The lowest BCUT2D eigenvalue weighted by Crippen LogP contribution is -2.26. The molecule has 0 unspecified atom stereocenters. The molecule has 1 nitrogen and oxygen atoms in total. The fourth-order valence-corrected chi connectivity index (χ4v) is 16.4.